The van der Waals surface area contributed by atoms with Gasteiger partial charge in [0.25, 0.3) is 0 Å². The molecule has 3 rings (SSSR count). The third-order valence-corrected chi connectivity index (χ3v) is 4.46. The van der Waals surface area contributed by atoms with Crippen LogP contribution in [0.1, 0.15) is 44.4 Å². The molecule has 0 aliphatic carbocycles. The molecule has 140 valence electrons. The van der Waals surface area contributed by atoms with Crippen molar-refractivity contribution in [1.82, 2.24) is 20.5 Å². The van der Waals surface area contributed by atoms with E-state index in [1.54, 1.807) is 6.20 Å². The van der Waals surface area contributed by atoms with Crippen molar-refractivity contribution >= 4 is 11.7 Å². The van der Waals surface area contributed by atoms with Crippen LogP contribution in [0.4, 0.5) is 5.82 Å². The van der Waals surface area contributed by atoms with Gasteiger partial charge in [0.2, 0.25) is 17.7 Å². The Hall–Kier alpha value is -2.48. The van der Waals surface area contributed by atoms with Crippen molar-refractivity contribution in [2.75, 3.05) is 24.5 Å². The van der Waals surface area contributed by atoms with Crippen LogP contribution in [0, 0.1) is 0 Å². The van der Waals surface area contributed by atoms with E-state index in [4.69, 9.17) is 4.42 Å². The van der Waals surface area contributed by atoms with Gasteiger partial charge >= 0.3 is 0 Å². The van der Waals surface area contributed by atoms with Gasteiger partial charge in [0.1, 0.15) is 11.4 Å². The first-order valence-electron chi connectivity index (χ1n) is 8.92. The zero-order valence-electron chi connectivity index (χ0n) is 15.2. The Morgan fingerprint density at radius 3 is 2.96 bits per heavy atom. The highest BCUT2D eigenvalue weighted by Crippen LogP contribution is 2.24. The fourth-order valence-corrected chi connectivity index (χ4v) is 2.91. The van der Waals surface area contributed by atoms with Crippen LogP contribution in [0.5, 0.6) is 0 Å². The number of anilines is 1. The molecular weight excluding hydrogens is 334 g/mol. The number of carbonyl (C=O) groups excluding carboxylic acids is 1. The second-order valence-electron chi connectivity index (χ2n) is 7.05. The van der Waals surface area contributed by atoms with E-state index in [9.17, 15) is 9.90 Å². The van der Waals surface area contributed by atoms with E-state index < -0.39 is 5.60 Å². The Bertz CT molecular complexity index is 733. The minimum Gasteiger partial charge on any atom is -0.425 e. The summed E-state index contributed by atoms with van der Waals surface area (Å²) >= 11 is 0. The second kappa shape index (κ2) is 7.82. The molecular formula is C18H25N5O3. The molecule has 1 fully saturated rings. The minimum atomic E-state index is -0.942. The molecule has 1 aliphatic heterocycles. The summed E-state index contributed by atoms with van der Waals surface area (Å²) in [5.41, 5.74) is -0.942. The SMILES string of the molecule is CC(C)c1nnc(CCC(=O)NC[C@]2(O)CCN(c3ccccn3)C2)o1. The lowest BCUT2D eigenvalue weighted by Gasteiger charge is -2.24. The van der Waals surface area contributed by atoms with Crippen LogP contribution in [-0.2, 0) is 11.2 Å². The average Bonchev–Trinajstić information content (AvgIpc) is 3.27. The Balaban J connectivity index is 1.44. The third kappa shape index (κ3) is 4.57. The lowest BCUT2D eigenvalue weighted by atomic mass is 10.0. The molecule has 26 heavy (non-hydrogen) atoms. The highest BCUT2D eigenvalue weighted by Gasteiger charge is 2.36. The van der Waals surface area contributed by atoms with E-state index in [1.807, 2.05) is 36.9 Å². The molecule has 1 saturated heterocycles. The molecule has 3 heterocycles. The van der Waals surface area contributed by atoms with Crippen molar-refractivity contribution in [3.63, 3.8) is 0 Å². The molecule has 0 saturated carbocycles. The van der Waals surface area contributed by atoms with Gasteiger partial charge in [-0.3, -0.25) is 4.79 Å². The summed E-state index contributed by atoms with van der Waals surface area (Å²) in [6.07, 6.45) is 2.96. The summed E-state index contributed by atoms with van der Waals surface area (Å²) in [4.78, 5) is 18.4. The number of nitrogens with zero attached hydrogens (tertiary/aromatic N) is 4. The van der Waals surface area contributed by atoms with Gasteiger partial charge in [0.15, 0.2) is 0 Å². The number of hydrogen-bond acceptors (Lipinski definition) is 7. The van der Waals surface area contributed by atoms with E-state index in [0.29, 0.717) is 37.7 Å². The van der Waals surface area contributed by atoms with Crippen molar-refractivity contribution in [3.05, 3.63) is 36.2 Å². The number of pyridine rings is 1. The monoisotopic (exact) mass is 359 g/mol. The number of aliphatic hydroxyl groups is 1. The molecule has 2 aromatic rings. The van der Waals surface area contributed by atoms with Gasteiger partial charge < -0.3 is 19.7 Å². The number of aryl methyl sites for hydroxylation is 1. The van der Waals surface area contributed by atoms with Gasteiger partial charge in [0, 0.05) is 44.6 Å². The number of carbonyl (C=O) groups is 1. The molecule has 0 spiro atoms. The van der Waals surface area contributed by atoms with Crippen molar-refractivity contribution in [2.24, 2.45) is 0 Å². The first-order chi connectivity index (χ1) is 12.5. The average molecular weight is 359 g/mol. The molecule has 8 nitrogen and oxygen atoms in total. The van der Waals surface area contributed by atoms with Crippen LogP contribution in [0.25, 0.3) is 0 Å². The number of β-amino-alcohol motifs (C(OH)–C–C–N with tert-alkyl or cyclic N) is 1. The summed E-state index contributed by atoms with van der Waals surface area (Å²) < 4.78 is 5.49. The Labute approximate surface area is 152 Å². The van der Waals surface area contributed by atoms with E-state index >= 15 is 0 Å². The zero-order valence-corrected chi connectivity index (χ0v) is 15.2. The van der Waals surface area contributed by atoms with Crippen LogP contribution < -0.4 is 10.2 Å². The van der Waals surface area contributed by atoms with E-state index in [-0.39, 0.29) is 24.8 Å². The predicted molar refractivity (Wildman–Crippen MR) is 95.7 cm³/mol. The molecule has 2 N–H and O–H groups in total. The fraction of sp³-hybridized carbons (Fsp3) is 0.556. The smallest absolute Gasteiger partial charge is 0.220 e. The molecule has 0 aromatic carbocycles. The number of rotatable bonds is 7. The number of amides is 1. The van der Waals surface area contributed by atoms with E-state index in [1.165, 1.54) is 0 Å². The number of aromatic nitrogens is 3. The maximum absolute atomic E-state index is 12.1. The van der Waals surface area contributed by atoms with E-state index in [2.05, 4.69) is 20.5 Å². The summed E-state index contributed by atoms with van der Waals surface area (Å²) in [5.74, 6) is 1.91. The van der Waals surface area contributed by atoms with Crippen LogP contribution in [0.2, 0.25) is 0 Å². The van der Waals surface area contributed by atoms with Gasteiger partial charge in [0.05, 0.1) is 0 Å². The van der Waals surface area contributed by atoms with Gasteiger partial charge in [-0.25, -0.2) is 4.98 Å². The van der Waals surface area contributed by atoms with Gasteiger partial charge in [-0.15, -0.1) is 10.2 Å². The van der Waals surface area contributed by atoms with Gasteiger partial charge in [-0.1, -0.05) is 19.9 Å². The van der Waals surface area contributed by atoms with Crippen LogP contribution in [0.3, 0.4) is 0 Å². The highest BCUT2D eigenvalue weighted by atomic mass is 16.4. The topological polar surface area (TPSA) is 104 Å². The molecule has 0 unspecified atom stereocenters. The van der Waals surface area contributed by atoms with Crippen molar-refractivity contribution in [2.45, 2.75) is 44.6 Å². The Morgan fingerprint density at radius 1 is 1.42 bits per heavy atom. The maximum Gasteiger partial charge on any atom is 0.220 e. The fourth-order valence-electron chi connectivity index (χ4n) is 2.91. The predicted octanol–water partition coefficient (Wildman–Crippen LogP) is 1.28. The summed E-state index contributed by atoms with van der Waals surface area (Å²) in [7, 11) is 0. The third-order valence-electron chi connectivity index (χ3n) is 4.46. The standard InChI is InChI=1S/C18H25N5O3/c1-13(2)17-22-21-16(26-17)7-6-15(24)20-11-18(25)8-10-23(12-18)14-5-3-4-9-19-14/h3-5,9,13,25H,6-8,10-12H2,1-2H3,(H,20,24)/t18-/m1/s1. The Morgan fingerprint density at radius 2 is 2.27 bits per heavy atom. The van der Waals surface area contributed by atoms with Crippen LogP contribution >= 0.6 is 0 Å². The molecule has 0 radical (unpaired) electrons. The maximum atomic E-state index is 12.1. The van der Waals surface area contributed by atoms with Gasteiger partial charge in [-0.2, -0.15) is 0 Å². The molecule has 2 aromatic heterocycles. The summed E-state index contributed by atoms with van der Waals surface area (Å²) in [6, 6.07) is 5.70. The number of hydrogen-bond donors (Lipinski definition) is 2. The van der Waals surface area contributed by atoms with Crippen molar-refractivity contribution in [3.8, 4) is 0 Å². The first-order valence-corrected chi connectivity index (χ1v) is 8.92. The molecule has 0 bridgehead atoms. The number of nitrogens with one attached hydrogen (secondary N) is 1. The summed E-state index contributed by atoms with van der Waals surface area (Å²) in [5, 5.41) is 21.4. The quantitative estimate of drug-likeness (QED) is 0.767. The van der Waals surface area contributed by atoms with E-state index in [0.717, 1.165) is 5.82 Å². The second-order valence-corrected chi connectivity index (χ2v) is 7.05. The normalized spacial score (nSPS) is 19.9. The van der Waals surface area contributed by atoms with Crippen molar-refractivity contribution in [1.29, 1.82) is 0 Å². The van der Waals surface area contributed by atoms with Crippen molar-refractivity contribution < 1.29 is 14.3 Å². The van der Waals surface area contributed by atoms with Crippen LogP contribution in [0.15, 0.2) is 28.8 Å². The minimum absolute atomic E-state index is 0.140. The van der Waals surface area contributed by atoms with Gasteiger partial charge in [-0.05, 0) is 18.6 Å². The highest BCUT2D eigenvalue weighted by molar-refractivity contribution is 5.76. The lowest BCUT2D eigenvalue weighted by Crippen LogP contribution is -2.45. The first kappa shape index (κ1) is 18.3. The molecule has 1 aliphatic rings. The molecule has 1 atom stereocenters. The molecule has 8 heteroatoms. The van der Waals surface area contributed by atoms with Crippen LogP contribution in [-0.4, -0.2) is 51.4 Å². The molecule has 1 amide bonds. The lowest BCUT2D eigenvalue weighted by molar-refractivity contribution is -0.122. The summed E-state index contributed by atoms with van der Waals surface area (Å²) in [6.45, 7) is 5.33. The Kier molecular flexibility index (Phi) is 5.51. The largest absolute Gasteiger partial charge is 0.425 e. The zero-order chi connectivity index (χ0) is 18.6.